The topological polar surface area (TPSA) is 66.5 Å². The third kappa shape index (κ3) is 4.93. The number of likely N-dealkylation sites (tertiary alicyclic amines) is 1. The Labute approximate surface area is 159 Å². The Hall–Kier alpha value is -1.70. The third-order valence-electron chi connectivity index (χ3n) is 4.64. The van der Waals surface area contributed by atoms with Gasteiger partial charge in [-0.2, -0.15) is 0 Å². The van der Waals surface area contributed by atoms with Crippen LogP contribution in [0.5, 0.6) is 0 Å². The maximum absolute atomic E-state index is 12.4. The van der Waals surface area contributed by atoms with Crippen molar-refractivity contribution >= 4 is 27.3 Å². The van der Waals surface area contributed by atoms with Crippen molar-refractivity contribution in [2.45, 2.75) is 42.9 Å². The fraction of sp³-hybridized carbons (Fsp3) is 0.421. The zero-order chi connectivity index (χ0) is 18.6. The van der Waals surface area contributed by atoms with Gasteiger partial charge >= 0.3 is 0 Å². The molecule has 0 radical (unpaired) electrons. The Morgan fingerprint density at radius 2 is 2.00 bits per heavy atom. The van der Waals surface area contributed by atoms with E-state index < -0.39 is 10.0 Å². The molecule has 1 aromatic heterocycles. The second kappa shape index (κ2) is 8.33. The van der Waals surface area contributed by atoms with Gasteiger partial charge in [-0.1, -0.05) is 35.9 Å². The molecule has 0 saturated carbocycles. The number of carbonyl (C=O) groups excluding carboxylic acids is 1. The lowest BCUT2D eigenvalue weighted by Gasteiger charge is -2.32. The molecule has 1 fully saturated rings. The van der Waals surface area contributed by atoms with Crippen LogP contribution in [0.2, 0.25) is 0 Å². The number of hydrogen-bond acceptors (Lipinski definition) is 4. The number of rotatable bonds is 6. The maximum atomic E-state index is 12.4. The number of sulfonamides is 1. The average Bonchev–Trinajstić information content (AvgIpc) is 3.16. The van der Waals surface area contributed by atoms with Gasteiger partial charge in [0.25, 0.3) is 0 Å². The van der Waals surface area contributed by atoms with E-state index in [1.54, 1.807) is 17.5 Å². The first-order valence-electron chi connectivity index (χ1n) is 8.83. The van der Waals surface area contributed by atoms with Gasteiger partial charge in [0.15, 0.2) is 0 Å². The molecule has 140 valence electrons. The summed E-state index contributed by atoms with van der Waals surface area (Å²) in [6, 6.07) is 11.5. The molecular formula is C19H24N2O3S2. The minimum absolute atomic E-state index is 0.108. The summed E-state index contributed by atoms with van der Waals surface area (Å²) in [6.45, 7) is 3.25. The molecule has 3 rings (SSSR count). The van der Waals surface area contributed by atoms with E-state index in [0.717, 1.165) is 6.42 Å². The molecule has 0 atom stereocenters. The first-order valence-corrected chi connectivity index (χ1v) is 11.2. The molecule has 2 aromatic rings. The number of thiophene rings is 1. The summed E-state index contributed by atoms with van der Waals surface area (Å²) >= 11 is 1.21. The first-order chi connectivity index (χ1) is 12.4. The van der Waals surface area contributed by atoms with E-state index in [1.807, 2.05) is 30.0 Å². The van der Waals surface area contributed by atoms with Gasteiger partial charge in [0.1, 0.15) is 4.21 Å². The molecule has 1 N–H and O–H groups in total. The van der Waals surface area contributed by atoms with E-state index in [1.165, 1.54) is 22.5 Å². The first kappa shape index (κ1) is 19.1. The number of aryl methyl sites for hydroxylation is 2. The van der Waals surface area contributed by atoms with Gasteiger partial charge in [0, 0.05) is 25.6 Å². The van der Waals surface area contributed by atoms with E-state index in [-0.39, 0.29) is 11.9 Å². The van der Waals surface area contributed by atoms with Crippen LogP contribution < -0.4 is 4.72 Å². The number of hydrogen-bond donors (Lipinski definition) is 1. The van der Waals surface area contributed by atoms with E-state index in [2.05, 4.69) is 10.8 Å². The van der Waals surface area contributed by atoms with E-state index in [9.17, 15) is 13.2 Å². The summed E-state index contributed by atoms with van der Waals surface area (Å²) in [5.41, 5.74) is 2.38. The highest BCUT2D eigenvalue weighted by Crippen LogP contribution is 2.19. The molecule has 1 aliphatic rings. The normalized spacial score (nSPS) is 16.0. The van der Waals surface area contributed by atoms with Crippen LogP contribution in [0.25, 0.3) is 0 Å². The number of piperidine rings is 1. The average molecular weight is 393 g/mol. The van der Waals surface area contributed by atoms with E-state index >= 15 is 0 Å². The molecule has 1 saturated heterocycles. The fourth-order valence-electron chi connectivity index (χ4n) is 3.22. The van der Waals surface area contributed by atoms with Crippen molar-refractivity contribution in [3.63, 3.8) is 0 Å². The van der Waals surface area contributed by atoms with Crippen LogP contribution in [-0.4, -0.2) is 38.4 Å². The molecule has 26 heavy (non-hydrogen) atoms. The van der Waals surface area contributed by atoms with Crippen LogP contribution in [0, 0.1) is 6.92 Å². The quantitative estimate of drug-likeness (QED) is 0.822. The maximum Gasteiger partial charge on any atom is 0.250 e. The number of amides is 1. The molecule has 1 aromatic carbocycles. The lowest BCUT2D eigenvalue weighted by molar-refractivity contribution is -0.132. The van der Waals surface area contributed by atoms with Gasteiger partial charge in [-0.3, -0.25) is 4.79 Å². The monoisotopic (exact) mass is 392 g/mol. The summed E-state index contributed by atoms with van der Waals surface area (Å²) < 4.78 is 27.7. The van der Waals surface area contributed by atoms with Gasteiger partial charge in [-0.15, -0.1) is 11.3 Å². The van der Waals surface area contributed by atoms with Gasteiger partial charge in [-0.05, 0) is 43.2 Å². The Balaban J connectivity index is 1.46. The van der Waals surface area contributed by atoms with Crippen molar-refractivity contribution in [3.05, 3.63) is 52.9 Å². The summed E-state index contributed by atoms with van der Waals surface area (Å²) in [7, 11) is -3.44. The lowest BCUT2D eigenvalue weighted by Crippen LogP contribution is -2.46. The Bertz CT molecular complexity index is 839. The zero-order valence-electron chi connectivity index (χ0n) is 14.8. The van der Waals surface area contributed by atoms with Crippen molar-refractivity contribution in [1.82, 2.24) is 9.62 Å². The molecule has 0 bridgehead atoms. The molecule has 0 aliphatic carbocycles. The Morgan fingerprint density at radius 3 is 2.65 bits per heavy atom. The molecule has 0 unspecified atom stereocenters. The molecule has 1 amide bonds. The molecule has 5 nitrogen and oxygen atoms in total. The molecular weight excluding hydrogens is 368 g/mol. The van der Waals surface area contributed by atoms with Crippen molar-refractivity contribution in [2.75, 3.05) is 13.1 Å². The highest BCUT2D eigenvalue weighted by atomic mass is 32.2. The fourth-order valence-corrected chi connectivity index (χ4v) is 5.53. The summed E-state index contributed by atoms with van der Waals surface area (Å²) in [4.78, 5) is 14.3. The number of benzene rings is 1. The molecule has 2 heterocycles. The summed E-state index contributed by atoms with van der Waals surface area (Å²) in [6.07, 6.45) is 2.54. The molecule has 7 heteroatoms. The second-order valence-corrected chi connectivity index (χ2v) is 9.59. The summed E-state index contributed by atoms with van der Waals surface area (Å²) in [5, 5.41) is 1.75. The van der Waals surface area contributed by atoms with Crippen molar-refractivity contribution in [1.29, 1.82) is 0 Å². The standard InChI is InChI=1S/C19H24N2O3S2/c1-15-4-2-5-16(14-15)7-8-18(22)21-11-9-17(10-12-21)20-26(23,24)19-6-3-13-25-19/h2-6,13-14,17,20H,7-12H2,1H3. The predicted octanol–water partition coefficient (Wildman–Crippen LogP) is 2.96. The number of nitrogens with one attached hydrogen (secondary N) is 1. The second-order valence-electron chi connectivity index (χ2n) is 6.70. The van der Waals surface area contributed by atoms with Crippen molar-refractivity contribution < 1.29 is 13.2 Å². The Kier molecular flexibility index (Phi) is 6.11. The molecule has 0 spiro atoms. The smallest absolute Gasteiger partial charge is 0.250 e. The largest absolute Gasteiger partial charge is 0.343 e. The number of carbonyl (C=O) groups is 1. The van der Waals surface area contributed by atoms with Crippen molar-refractivity contribution in [3.8, 4) is 0 Å². The minimum atomic E-state index is -3.44. The van der Waals surface area contributed by atoms with Crippen LogP contribution in [0.4, 0.5) is 0 Å². The molecule has 1 aliphatic heterocycles. The van der Waals surface area contributed by atoms with Crippen LogP contribution in [0.3, 0.4) is 0 Å². The van der Waals surface area contributed by atoms with Crippen LogP contribution in [-0.2, 0) is 21.2 Å². The zero-order valence-corrected chi connectivity index (χ0v) is 16.5. The summed E-state index contributed by atoms with van der Waals surface area (Å²) in [5.74, 6) is 0.145. The van der Waals surface area contributed by atoms with E-state index in [0.29, 0.717) is 36.6 Å². The van der Waals surface area contributed by atoms with Crippen molar-refractivity contribution in [2.24, 2.45) is 0 Å². The number of nitrogens with zero attached hydrogens (tertiary/aromatic N) is 1. The van der Waals surface area contributed by atoms with Gasteiger partial charge in [0.2, 0.25) is 15.9 Å². The van der Waals surface area contributed by atoms with Gasteiger partial charge in [0.05, 0.1) is 0 Å². The van der Waals surface area contributed by atoms with Crippen LogP contribution in [0.15, 0.2) is 46.0 Å². The lowest BCUT2D eigenvalue weighted by atomic mass is 10.0. The highest BCUT2D eigenvalue weighted by molar-refractivity contribution is 7.91. The predicted molar refractivity (Wildman–Crippen MR) is 104 cm³/mol. The minimum Gasteiger partial charge on any atom is -0.343 e. The third-order valence-corrected chi connectivity index (χ3v) is 7.56. The SMILES string of the molecule is Cc1cccc(CCC(=O)N2CCC(NS(=O)(=O)c3cccs3)CC2)c1. The van der Waals surface area contributed by atoms with Gasteiger partial charge in [-0.25, -0.2) is 13.1 Å². The van der Waals surface area contributed by atoms with E-state index in [4.69, 9.17) is 0 Å². The highest BCUT2D eigenvalue weighted by Gasteiger charge is 2.26. The van der Waals surface area contributed by atoms with Gasteiger partial charge < -0.3 is 4.90 Å². The van der Waals surface area contributed by atoms with Crippen LogP contribution >= 0.6 is 11.3 Å². The Morgan fingerprint density at radius 1 is 1.23 bits per heavy atom. The van der Waals surface area contributed by atoms with Crippen LogP contribution in [0.1, 0.15) is 30.4 Å².